The van der Waals surface area contributed by atoms with Gasteiger partial charge in [-0.15, -0.1) is 0 Å². The molecule has 4 heteroatoms. The summed E-state index contributed by atoms with van der Waals surface area (Å²) < 4.78 is 17.2. The molecule has 1 aliphatic heterocycles. The van der Waals surface area contributed by atoms with Gasteiger partial charge in [-0.3, -0.25) is 4.79 Å². The standard InChI is InChI=1S/C19H36O4/c1-8-21-18(20)16(6)12(2)9-10-15(5)22-19-14(4)11-13(3)17(7)23-19/h12-17,19H,8-11H2,1-7H3/t12?,13?,14-,15-,16-,17+,19?/m1/s1. The van der Waals surface area contributed by atoms with E-state index in [-0.39, 0.29) is 30.4 Å². The molecule has 0 saturated carbocycles. The molecular weight excluding hydrogens is 292 g/mol. The van der Waals surface area contributed by atoms with Gasteiger partial charge in [-0.25, -0.2) is 0 Å². The second-order valence-corrected chi connectivity index (χ2v) is 7.44. The molecule has 1 rings (SSSR count). The molecule has 0 aromatic carbocycles. The Morgan fingerprint density at radius 1 is 1.13 bits per heavy atom. The third-order valence-corrected chi connectivity index (χ3v) is 5.27. The van der Waals surface area contributed by atoms with Crippen molar-refractivity contribution in [2.75, 3.05) is 6.61 Å². The average molecular weight is 328 g/mol. The minimum Gasteiger partial charge on any atom is -0.466 e. The molecule has 0 radical (unpaired) electrons. The van der Waals surface area contributed by atoms with Gasteiger partial charge < -0.3 is 14.2 Å². The van der Waals surface area contributed by atoms with Crippen LogP contribution in [0.15, 0.2) is 0 Å². The van der Waals surface area contributed by atoms with Crippen molar-refractivity contribution < 1.29 is 19.0 Å². The van der Waals surface area contributed by atoms with Crippen molar-refractivity contribution in [3.05, 3.63) is 0 Å². The molecule has 1 fully saturated rings. The summed E-state index contributed by atoms with van der Waals surface area (Å²) in [4.78, 5) is 11.8. The zero-order valence-corrected chi connectivity index (χ0v) is 16.0. The Bertz CT molecular complexity index is 357. The number of hydrogen-bond acceptors (Lipinski definition) is 4. The van der Waals surface area contributed by atoms with E-state index < -0.39 is 0 Å². The first-order valence-electron chi connectivity index (χ1n) is 9.23. The van der Waals surface area contributed by atoms with E-state index in [0.29, 0.717) is 24.4 Å². The van der Waals surface area contributed by atoms with Gasteiger partial charge in [0, 0.05) is 5.92 Å². The molecule has 1 aliphatic rings. The van der Waals surface area contributed by atoms with Crippen LogP contribution >= 0.6 is 0 Å². The van der Waals surface area contributed by atoms with Crippen LogP contribution in [-0.4, -0.2) is 31.1 Å². The summed E-state index contributed by atoms with van der Waals surface area (Å²) in [5.41, 5.74) is 0. The van der Waals surface area contributed by atoms with E-state index in [2.05, 4.69) is 34.6 Å². The summed E-state index contributed by atoms with van der Waals surface area (Å²) in [6.07, 6.45) is 3.32. The van der Waals surface area contributed by atoms with Crippen molar-refractivity contribution in [3.8, 4) is 0 Å². The van der Waals surface area contributed by atoms with E-state index in [1.165, 1.54) is 0 Å². The minimum absolute atomic E-state index is 0.0622. The number of esters is 1. The van der Waals surface area contributed by atoms with Gasteiger partial charge in [0.15, 0.2) is 6.29 Å². The molecule has 0 amide bonds. The SMILES string of the molecule is CCOC(=O)[C@H](C)C(C)CC[C@@H](C)OC1O[C@@H](C)C(C)C[C@H]1C. The first-order valence-corrected chi connectivity index (χ1v) is 9.23. The van der Waals surface area contributed by atoms with E-state index in [9.17, 15) is 4.79 Å². The van der Waals surface area contributed by atoms with Gasteiger partial charge in [-0.1, -0.05) is 27.7 Å². The summed E-state index contributed by atoms with van der Waals surface area (Å²) in [6.45, 7) is 15.0. The Kier molecular flexibility index (Phi) is 8.56. The molecule has 1 saturated heterocycles. The second-order valence-electron chi connectivity index (χ2n) is 7.44. The maximum absolute atomic E-state index is 11.8. The number of hydrogen-bond donors (Lipinski definition) is 0. The Morgan fingerprint density at radius 2 is 1.78 bits per heavy atom. The van der Waals surface area contributed by atoms with Gasteiger partial charge in [0.2, 0.25) is 0 Å². The Morgan fingerprint density at radius 3 is 2.39 bits per heavy atom. The maximum atomic E-state index is 11.8. The summed E-state index contributed by atoms with van der Waals surface area (Å²) in [7, 11) is 0. The normalized spacial score (nSPS) is 32.1. The molecule has 7 atom stereocenters. The second kappa shape index (κ2) is 9.63. The van der Waals surface area contributed by atoms with Crippen LogP contribution in [0.1, 0.15) is 67.7 Å². The van der Waals surface area contributed by atoms with Gasteiger partial charge in [0.1, 0.15) is 0 Å². The van der Waals surface area contributed by atoms with Crippen LogP contribution in [-0.2, 0) is 19.0 Å². The monoisotopic (exact) mass is 328 g/mol. The highest BCUT2D eigenvalue weighted by Crippen LogP contribution is 2.31. The highest BCUT2D eigenvalue weighted by Gasteiger charge is 2.32. The van der Waals surface area contributed by atoms with Crippen LogP contribution in [0.4, 0.5) is 0 Å². The Labute approximate surface area is 142 Å². The molecule has 0 spiro atoms. The fourth-order valence-corrected chi connectivity index (χ4v) is 3.09. The molecule has 0 aromatic rings. The average Bonchev–Trinajstić information content (AvgIpc) is 2.49. The zero-order chi connectivity index (χ0) is 17.6. The van der Waals surface area contributed by atoms with Crippen molar-refractivity contribution in [1.82, 2.24) is 0 Å². The summed E-state index contributed by atoms with van der Waals surface area (Å²) in [5.74, 6) is 1.15. The van der Waals surface area contributed by atoms with E-state index in [1.807, 2.05) is 13.8 Å². The molecule has 23 heavy (non-hydrogen) atoms. The lowest BCUT2D eigenvalue weighted by molar-refractivity contribution is -0.244. The molecule has 3 unspecified atom stereocenters. The van der Waals surface area contributed by atoms with Gasteiger partial charge in [-0.05, 0) is 51.9 Å². The van der Waals surface area contributed by atoms with Crippen molar-refractivity contribution in [2.24, 2.45) is 23.7 Å². The predicted molar refractivity (Wildman–Crippen MR) is 92.0 cm³/mol. The van der Waals surface area contributed by atoms with Gasteiger partial charge in [0.05, 0.1) is 24.7 Å². The number of rotatable bonds is 8. The van der Waals surface area contributed by atoms with Crippen molar-refractivity contribution >= 4 is 5.97 Å². The largest absolute Gasteiger partial charge is 0.466 e. The van der Waals surface area contributed by atoms with Crippen molar-refractivity contribution in [3.63, 3.8) is 0 Å². The number of ether oxygens (including phenoxy) is 3. The topological polar surface area (TPSA) is 44.8 Å². The van der Waals surface area contributed by atoms with Crippen LogP contribution in [0, 0.1) is 23.7 Å². The third kappa shape index (κ3) is 6.42. The summed E-state index contributed by atoms with van der Waals surface area (Å²) in [5, 5.41) is 0. The van der Waals surface area contributed by atoms with Gasteiger partial charge >= 0.3 is 5.97 Å². The summed E-state index contributed by atoms with van der Waals surface area (Å²) >= 11 is 0. The Hall–Kier alpha value is -0.610. The quantitative estimate of drug-likeness (QED) is 0.619. The van der Waals surface area contributed by atoms with Crippen LogP contribution in [0.2, 0.25) is 0 Å². The molecule has 0 N–H and O–H groups in total. The zero-order valence-electron chi connectivity index (χ0n) is 16.0. The number of carbonyl (C=O) groups is 1. The minimum atomic E-state index is -0.103. The molecule has 0 aromatic heterocycles. The van der Waals surface area contributed by atoms with Crippen molar-refractivity contribution in [1.29, 1.82) is 0 Å². The van der Waals surface area contributed by atoms with Crippen molar-refractivity contribution in [2.45, 2.75) is 86.2 Å². The summed E-state index contributed by atoms with van der Waals surface area (Å²) in [6, 6.07) is 0. The Balaban J connectivity index is 2.36. The number of carbonyl (C=O) groups excluding carboxylic acids is 1. The fourth-order valence-electron chi connectivity index (χ4n) is 3.09. The first kappa shape index (κ1) is 20.4. The lowest BCUT2D eigenvalue weighted by Gasteiger charge is -2.38. The first-order chi connectivity index (χ1) is 10.8. The maximum Gasteiger partial charge on any atom is 0.308 e. The smallest absolute Gasteiger partial charge is 0.308 e. The van der Waals surface area contributed by atoms with E-state index >= 15 is 0 Å². The highest BCUT2D eigenvalue weighted by molar-refractivity contribution is 5.72. The van der Waals surface area contributed by atoms with Crippen LogP contribution in [0.5, 0.6) is 0 Å². The molecule has 0 aliphatic carbocycles. The molecule has 1 heterocycles. The lowest BCUT2D eigenvalue weighted by Crippen LogP contribution is -2.40. The third-order valence-electron chi connectivity index (χ3n) is 5.27. The van der Waals surface area contributed by atoms with Crippen LogP contribution < -0.4 is 0 Å². The van der Waals surface area contributed by atoms with Gasteiger partial charge in [0.25, 0.3) is 0 Å². The van der Waals surface area contributed by atoms with E-state index in [1.54, 1.807) is 0 Å². The highest BCUT2D eigenvalue weighted by atomic mass is 16.7. The van der Waals surface area contributed by atoms with Crippen LogP contribution in [0.3, 0.4) is 0 Å². The van der Waals surface area contributed by atoms with Gasteiger partial charge in [-0.2, -0.15) is 0 Å². The molecule has 136 valence electrons. The molecular formula is C19H36O4. The molecule has 0 bridgehead atoms. The fraction of sp³-hybridized carbons (Fsp3) is 0.947. The van der Waals surface area contributed by atoms with Crippen LogP contribution in [0.25, 0.3) is 0 Å². The van der Waals surface area contributed by atoms with E-state index in [4.69, 9.17) is 14.2 Å². The predicted octanol–water partition coefficient (Wildman–Crippen LogP) is 4.41. The lowest BCUT2D eigenvalue weighted by atomic mass is 9.89. The molecule has 4 nitrogen and oxygen atoms in total. The van der Waals surface area contributed by atoms with E-state index in [0.717, 1.165) is 19.3 Å².